The van der Waals surface area contributed by atoms with E-state index in [1.54, 1.807) is 0 Å². The van der Waals surface area contributed by atoms with E-state index in [4.69, 9.17) is 37.0 Å². The Morgan fingerprint density at radius 3 is 0.723 bits per heavy atom. The van der Waals surface area contributed by atoms with Gasteiger partial charge >= 0.3 is 39.5 Å². The average Bonchev–Trinajstić information content (AvgIpc) is 1.43. The molecule has 0 amide bonds. The molecule has 19 heteroatoms. The standard InChI is InChI=1S/C75H146O17P2/c1-7-9-11-13-15-16-17-18-19-20-21-25-28-31-34-40-46-52-58-73(78)86-64-71(91-74(79)59-53-47-41-35-32-29-26-23-22-24-27-30-33-38-43-49-55-67(3)4)66-90-94(83,84)88-62-69(76)61-87-93(81,82)89-65-70(63-85-72(77)57-51-45-37-14-12-10-8-2)92-75(80)60-54-48-42-36-39-44-50-56-68(5)6/h67-71,76H,7-66H2,1-6H3,(H,81,82)(H,83,84)/t69-,70+,71+/m0/s1. The minimum absolute atomic E-state index is 0.103. The Hall–Kier alpha value is -1.94. The van der Waals surface area contributed by atoms with Gasteiger partial charge in [0.05, 0.1) is 26.4 Å². The van der Waals surface area contributed by atoms with Crippen LogP contribution in [0.5, 0.6) is 0 Å². The van der Waals surface area contributed by atoms with Crippen molar-refractivity contribution in [1.29, 1.82) is 0 Å². The van der Waals surface area contributed by atoms with Crippen LogP contribution in [0.25, 0.3) is 0 Å². The van der Waals surface area contributed by atoms with Crippen molar-refractivity contribution in [2.45, 2.75) is 407 Å². The molecule has 0 heterocycles. The van der Waals surface area contributed by atoms with Crippen LogP contribution in [0.2, 0.25) is 0 Å². The molecule has 0 aromatic carbocycles. The van der Waals surface area contributed by atoms with E-state index in [9.17, 15) is 43.2 Å². The molecule has 558 valence electrons. The highest BCUT2D eigenvalue weighted by Crippen LogP contribution is 2.45. The number of aliphatic hydroxyl groups excluding tert-OH is 1. The van der Waals surface area contributed by atoms with Crippen molar-refractivity contribution in [3.63, 3.8) is 0 Å². The van der Waals surface area contributed by atoms with Crippen molar-refractivity contribution < 1.29 is 80.2 Å². The van der Waals surface area contributed by atoms with Crippen LogP contribution in [-0.4, -0.2) is 96.7 Å². The van der Waals surface area contributed by atoms with Gasteiger partial charge in [-0.2, -0.15) is 0 Å². The monoisotopic (exact) mass is 1380 g/mol. The molecule has 0 aliphatic carbocycles. The van der Waals surface area contributed by atoms with Gasteiger partial charge in [-0.15, -0.1) is 0 Å². The number of rotatable bonds is 74. The highest BCUT2D eigenvalue weighted by atomic mass is 31.2. The van der Waals surface area contributed by atoms with Crippen LogP contribution in [0.1, 0.15) is 388 Å². The lowest BCUT2D eigenvalue weighted by molar-refractivity contribution is -0.161. The number of carbonyl (C=O) groups is 4. The first-order valence-electron chi connectivity index (χ1n) is 39.0. The van der Waals surface area contributed by atoms with E-state index in [2.05, 4.69) is 41.5 Å². The fraction of sp³-hybridized carbons (Fsp3) is 0.947. The SMILES string of the molecule is CCCCCCCCCCCCCCCCCCCCC(=O)OC[C@H](COP(=O)(O)OC[C@@H](O)COP(=O)(O)OC[C@@H](COC(=O)CCCCCCCCC)OC(=O)CCCCCCCCCC(C)C)OC(=O)CCCCCCCCCCCCCCCCCCC(C)C. The van der Waals surface area contributed by atoms with Gasteiger partial charge in [0.25, 0.3) is 0 Å². The van der Waals surface area contributed by atoms with E-state index in [0.29, 0.717) is 31.6 Å². The third-order valence-corrected chi connectivity index (χ3v) is 19.4. The zero-order chi connectivity index (χ0) is 69.3. The maximum atomic E-state index is 13.1. The van der Waals surface area contributed by atoms with Gasteiger partial charge in [0.1, 0.15) is 19.3 Å². The summed E-state index contributed by atoms with van der Waals surface area (Å²) in [6.07, 6.45) is 54.5. The molecule has 0 aliphatic heterocycles. The predicted molar refractivity (Wildman–Crippen MR) is 381 cm³/mol. The van der Waals surface area contributed by atoms with Gasteiger partial charge < -0.3 is 33.8 Å². The molecule has 0 fully saturated rings. The third kappa shape index (κ3) is 68.6. The van der Waals surface area contributed by atoms with Crippen LogP contribution in [0.3, 0.4) is 0 Å². The first-order valence-corrected chi connectivity index (χ1v) is 42.0. The van der Waals surface area contributed by atoms with E-state index in [-0.39, 0.29) is 25.7 Å². The Morgan fingerprint density at radius 1 is 0.287 bits per heavy atom. The smallest absolute Gasteiger partial charge is 0.462 e. The molecule has 0 spiro atoms. The largest absolute Gasteiger partial charge is 0.472 e. The van der Waals surface area contributed by atoms with E-state index >= 15 is 0 Å². The highest BCUT2D eigenvalue weighted by molar-refractivity contribution is 7.47. The molecule has 5 atom stereocenters. The van der Waals surface area contributed by atoms with E-state index in [1.165, 1.54) is 193 Å². The van der Waals surface area contributed by atoms with Crippen molar-refractivity contribution in [2.75, 3.05) is 39.6 Å². The van der Waals surface area contributed by atoms with Gasteiger partial charge in [-0.3, -0.25) is 37.3 Å². The number of phosphoric ester groups is 2. The molecule has 0 saturated carbocycles. The van der Waals surface area contributed by atoms with Crippen molar-refractivity contribution in [1.82, 2.24) is 0 Å². The molecule has 17 nitrogen and oxygen atoms in total. The van der Waals surface area contributed by atoms with Crippen LogP contribution in [0, 0.1) is 11.8 Å². The number of aliphatic hydroxyl groups is 1. The van der Waals surface area contributed by atoms with E-state index in [0.717, 1.165) is 109 Å². The van der Waals surface area contributed by atoms with Crippen LogP contribution in [0.15, 0.2) is 0 Å². The van der Waals surface area contributed by atoms with Gasteiger partial charge in [0.15, 0.2) is 12.2 Å². The number of ether oxygens (including phenoxy) is 4. The molecule has 0 radical (unpaired) electrons. The molecule has 0 aliphatic rings. The zero-order valence-electron chi connectivity index (χ0n) is 61.3. The Labute approximate surface area is 575 Å². The summed E-state index contributed by atoms with van der Waals surface area (Å²) in [6.45, 7) is 9.51. The minimum Gasteiger partial charge on any atom is -0.462 e. The summed E-state index contributed by atoms with van der Waals surface area (Å²) in [5, 5.41) is 10.6. The first kappa shape index (κ1) is 92.1. The highest BCUT2D eigenvalue weighted by Gasteiger charge is 2.30. The summed E-state index contributed by atoms with van der Waals surface area (Å²) in [6, 6.07) is 0. The van der Waals surface area contributed by atoms with Crippen LogP contribution >= 0.6 is 15.6 Å². The molecule has 94 heavy (non-hydrogen) atoms. The van der Waals surface area contributed by atoms with E-state index in [1.807, 2.05) is 0 Å². The number of hydrogen-bond donors (Lipinski definition) is 3. The van der Waals surface area contributed by atoms with Gasteiger partial charge in [0, 0.05) is 25.7 Å². The second-order valence-corrected chi connectivity index (χ2v) is 30.9. The Bertz CT molecular complexity index is 1820. The van der Waals surface area contributed by atoms with Gasteiger partial charge in [0.2, 0.25) is 0 Å². The quantitative estimate of drug-likeness (QED) is 0.0222. The summed E-state index contributed by atoms with van der Waals surface area (Å²) >= 11 is 0. The van der Waals surface area contributed by atoms with Crippen molar-refractivity contribution in [3.05, 3.63) is 0 Å². The van der Waals surface area contributed by atoms with Gasteiger partial charge in [-0.25, -0.2) is 9.13 Å². The second-order valence-electron chi connectivity index (χ2n) is 28.0. The van der Waals surface area contributed by atoms with Gasteiger partial charge in [-0.1, -0.05) is 337 Å². The Morgan fingerprint density at radius 2 is 0.489 bits per heavy atom. The van der Waals surface area contributed by atoms with Crippen molar-refractivity contribution in [2.24, 2.45) is 11.8 Å². The molecular formula is C75H146O17P2. The lowest BCUT2D eigenvalue weighted by Crippen LogP contribution is -2.30. The summed E-state index contributed by atoms with van der Waals surface area (Å²) in [5.74, 6) is -0.619. The van der Waals surface area contributed by atoms with E-state index < -0.39 is 97.5 Å². The number of esters is 4. The van der Waals surface area contributed by atoms with Crippen LogP contribution in [-0.2, 0) is 65.4 Å². The predicted octanol–water partition coefficient (Wildman–Crippen LogP) is 21.9. The number of carbonyl (C=O) groups excluding carboxylic acids is 4. The Balaban J connectivity index is 5.17. The van der Waals surface area contributed by atoms with Crippen molar-refractivity contribution in [3.8, 4) is 0 Å². The normalized spacial score (nSPS) is 14.0. The van der Waals surface area contributed by atoms with Crippen LogP contribution in [0.4, 0.5) is 0 Å². The number of unbranched alkanes of at least 4 members (excludes halogenated alkanes) is 44. The lowest BCUT2D eigenvalue weighted by Gasteiger charge is -2.21. The molecule has 0 aromatic heterocycles. The zero-order valence-corrected chi connectivity index (χ0v) is 63.1. The molecule has 3 N–H and O–H groups in total. The number of phosphoric acid groups is 2. The lowest BCUT2D eigenvalue weighted by atomic mass is 10.0. The number of hydrogen-bond acceptors (Lipinski definition) is 15. The topological polar surface area (TPSA) is 237 Å². The van der Waals surface area contributed by atoms with Crippen molar-refractivity contribution >= 4 is 39.5 Å². The van der Waals surface area contributed by atoms with Crippen LogP contribution < -0.4 is 0 Å². The molecule has 0 saturated heterocycles. The third-order valence-electron chi connectivity index (χ3n) is 17.5. The molecular weight excluding hydrogens is 1230 g/mol. The maximum Gasteiger partial charge on any atom is 0.472 e. The second kappa shape index (κ2) is 66.9. The summed E-state index contributed by atoms with van der Waals surface area (Å²) < 4.78 is 68.3. The summed E-state index contributed by atoms with van der Waals surface area (Å²) in [4.78, 5) is 72.6. The minimum atomic E-state index is -4.96. The Kier molecular flexibility index (Phi) is 65.5. The molecule has 0 rings (SSSR count). The molecule has 2 unspecified atom stereocenters. The summed E-state index contributed by atoms with van der Waals surface area (Å²) in [5.41, 5.74) is 0. The van der Waals surface area contributed by atoms with Gasteiger partial charge in [-0.05, 0) is 37.5 Å². The first-order chi connectivity index (χ1) is 45.4. The average molecular weight is 1380 g/mol. The molecule has 0 aromatic rings. The fourth-order valence-electron chi connectivity index (χ4n) is 11.5. The molecule has 0 bridgehead atoms. The fourth-order valence-corrected chi connectivity index (χ4v) is 13.1. The maximum absolute atomic E-state index is 13.1. The summed E-state index contributed by atoms with van der Waals surface area (Å²) in [7, 11) is -9.90.